The van der Waals surface area contributed by atoms with Gasteiger partial charge in [0, 0.05) is 17.1 Å². The standard InChI is InChI=1S/Ca.Fe.3H2O/h;;3*1H2/q+2;;;;/p-2. The van der Waals surface area contributed by atoms with Crippen LogP contribution in [0.2, 0.25) is 0 Å². The summed E-state index contributed by atoms with van der Waals surface area (Å²) in [6, 6.07) is 0. The second-order valence-corrected chi connectivity index (χ2v) is 0. The molecule has 0 saturated heterocycles. The molecule has 0 aromatic rings. The van der Waals surface area contributed by atoms with Crippen molar-refractivity contribution in [1.29, 1.82) is 0 Å². The van der Waals surface area contributed by atoms with Gasteiger partial charge in [-0.25, -0.2) is 0 Å². The topological polar surface area (TPSA) is 91.5 Å². The molecular weight excluding hydrogens is 144 g/mol. The molecule has 0 aliphatic rings. The molecule has 0 spiro atoms. The molecular formula is H4CaFeO3. The smallest absolute Gasteiger partial charge is 0.870 e. The van der Waals surface area contributed by atoms with Gasteiger partial charge < -0.3 is 16.4 Å². The summed E-state index contributed by atoms with van der Waals surface area (Å²) in [6.45, 7) is 0. The van der Waals surface area contributed by atoms with Gasteiger partial charge in [0.05, 0.1) is 0 Å². The van der Waals surface area contributed by atoms with Crippen LogP contribution in [-0.2, 0) is 17.1 Å². The molecule has 5 heavy (non-hydrogen) atoms. The number of rotatable bonds is 0. The third-order valence-electron chi connectivity index (χ3n) is 0. The van der Waals surface area contributed by atoms with Crippen molar-refractivity contribution >= 4 is 37.7 Å². The van der Waals surface area contributed by atoms with Crippen molar-refractivity contribution in [3.63, 3.8) is 0 Å². The van der Waals surface area contributed by atoms with Crippen molar-refractivity contribution in [3.8, 4) is 0 Å². The summed E-state index contributed by atoms with van der Waals surface area (Å²) in [5, 5.41) is 0. The van der Waals surface area contributed by atoms with Gasteiger partial charge in [-0.2, -0.15) is 0 Å². The molecule has 0 aliphatic heterocycles. The molecule has 0 heterocycles. The second-order valence-electron chi connectivity index (χ2n) is 0. The zero-order chi connectivity index (χ0) is 0. The average molecular weight is 148 g/mol. The van der Waals surface area contributed by atoms with Crippen molar-refractivity contribution in [1.82, 2.24) is 0 Å². The summed E-state index contributed by atoms with van der Waals surface area (Å²) in [5.41, 5.74) is 0. The molecule has 0 unspecified atom stereocenters. The van der Waals surface area contributed by atoms with Gasteiger partial charge in [0.2, 0.25) is 0 Å². The molecule has 0 aromatic heterocycles. The predicted molar refractivity (Wildman–Crippen MR) is 13.2 cm³/mol. The molecule has 0 rings (SSSR count). The Balaban J connectivity index is 0. The Labute approximate surface area is 70.5 Å². The van der Waals surface area contributed by atoms with Crippen LogP contribution in [0.1, 0.15) is 0 Å². The second kappa shape index (κ2) is 44.6. The van der Waals surface area contributed by atoms with Gasteiger partial charge in [0.15, 0.2) is 0 Å². The van der Waals surface area contributed by atoms with E-state index < -0.39 is 0 Å². The minimum atomic E-state index is 0. The largest absolute Gasteiger partial charge is 2.00 e. The first-order valence-corrected chi connectivity index (χ1v) is 0. The molecule has 0 bridgehead atoms. The first-order chi connectivity index (χ1) is 0. The molecule has 0 aliphatic carbocycles. The van der Waals surface area contributed by atoms with Crippen molar-refractivity contribution in [2.75, 3.05) is 0 Å². The molecule has 0 saturated carbocycles. The Morgan fingerprint density at radius 1 is 0.800 bits per heavy atom. The minimum absolute atomic E-state index is 0. The molecule has 5 heteroatoms. The van der Waals surface area contributed by atoms with E-state index in [0.717, 1.165) is 0 Å². The normalized spacial score (nSPS) is 0. The third-order valence-corrected chi connectivity index (χ3v) is 0. The van der Waals surface area contributed by atoms with E-state index >= 15 is 0 Å². The molecule has 3 nitrogen and oxygen atoms in total. The van der Waals surface area contributed by atoms with E-state index in [0.29, 0.717) is 0 Å². The minimum Gasteiger partial charge on any atom is -0.870 e. The first kappa shape index (κ1) is 77.5. The van der Waals surface area contributed by atoms with Gasteiger partial charge in [-0.15, -0.1) is 0 Å². The molecule has 4 N–H and O–H groups in total. The van der Waals surface area contributed by atoms with E-state index in [1.807, 2.05) is 0 Å². The summed E-state index contributed by atoms with van der Waals surface area (Å²) in [7, 11) is 0. The van der Waals surface area contributed by atoms with Crippen LogP contribution in [0.3, 0.4) is 0 Å². The maximum absolute atomic E-state index is 0. The van der Waals surface area contributed by atoms with Crippen LogP contribution >= 0.6 is 0 Å². The fourth-order valence-electron chi connectivity index (χ4n) is 0. The van der Waals surface area contributed by atoms with Gasteiger partial charge in [-0.05, 0) is 0 Å². The van der Waals surface area contributed by atoms with E-state index in [-0.39, 0.29) is 71.2 Å². The third kappa shape index (κ3) is 27.5. The Kier molecular flexibility index (Phi) is 691. The maximum Gasteiger partial charge on any atom is 2.00 e. The van der Waals surface area contributed by atoms with E-state index in [4.69, 9.17) is 0 Å². The monoisotopic (exact) mass is 148 g/mol. The number of hydrogen-bond acceptors (Lipinski definition) is 2. The molecule has 0 radical (unpaired) electrons. The SMILES string of the molecule is O.[Ca+2].[Fe].[OH-].[OH-]. The molecule has 0 fully saturated rings. The number of hydrogen-bond donors (Lipinski definition) is 0. The zero-order valence-corrected chi connectivity index (χ0v) is 5.77. The Bertz CT molecular complexity index is 6.85. The molecule has 0 amide bonds. The summed E-state index contributed by atoms with van der Waals surface area (Å²) in [5.74, 6) is 0. The van der Waals surface area contributed by atoms with Crippen LogP contribution in [0.15, 0.2) is 0 Å². The summed E-state index contributed by atoms with van der Waals surface area (Å²) in [6.07, 6.45) is 0. The Morgan fingerprint density at radius 3 is 0.800 bits per heavy atom. The van der Waals surface area contributed by atoms with E-state index in [2.05, 4.69) is 0 Å². The zero-order valence-electron chi connectivity index (χ0n) is 2.46. The van der Waals surface area contributed by atoms with Gasteiger partial charge in [0.1, 0.15) is 0 Å². The quantitative estimate of drug-likeness (QED) is 0.388. The molecule has 0 atom stereocenters. The summed E-state index contributed by atoms with van der Waals surface area (Å²) < 4.78 is 0. The van der Waals surface area contributed by atoms with Gasteiger partial charge in [-0.1, -0.05) is 0 Å². The van der Waals surface area contributed by atoms with Gasteiger partial charge >= 0.3 is 37.7 Å². The van der Waals surface area contributed by atoms with Crippen LogP contribution in [0.5, 0.6) is 0 Å². The van der Waals surface area contributed by atoms with E-state index in [9.17, 15) is 0 Å². The van der Waals surface area contributed by atoms with Crippen LogP contribution in [0.4, 0.5) is 0 Å². The Morgan fingerprint density at radius 2 is 0.800 bits per heavy atom. The summed E-state index contributed by atoms with van der Waals surface area (Å²) in [4.78, 5) is 0. The van der Waals surface area contributed by atoms with Crippen LogP contribution < -0.4 is 0 Å². The summed E-state index contributed by atoms with van der Waals surface area (Å²) >= 11 is 0. The maximum atomic E-state index is 0. The van der Waals surface area contributed by atoms with Crippen LogP contribution in [0, 0.1) is 0 Å². The molecule has 32 valence electrons. The van der Waals surface area contributed by atoms with Crippen LogP contribution in [0.25, 0.3) is 0 Å². The average Bonchev–Trinajstić information content (AvgIpc) is 0. The fraction of sp³-hybridized carbons (Fsp3) is 0. The van der Waals surface area contributed by atoms with Crippen molar-refractivity contribution in [2.45, 2.75) is 0 Å². The first-order valence-electron chi connectivity index (χ1n) is 0. The van der Waals surface area contributed by atoms with Crippen molar-refractivity contribution in [2.24, 2.45) is 0 Å². The van der Waals surface area contributed by atoms with Crippen molar-refractivity contribution < 1.29 is 33.5 Å². The predicted octanol–water partition coefficient (Wildman–Crippen LogP) is -1.56. The molecule has 0 aromatic carbocycles. The van der Waals surface area contributed by atoms with E-state index in [1.165, 1.54) is 0 Å². The fourth-order valence-corrected chi connectivity index (χ4v) is 0. The van der Waals surface area contributed by atoms with Gasteiger partial charge in [0.25, 0.3) is 0 Å². The van der Waals surface area contributed by atoms with Gasteiger partial charge in [-0.3, -0.25) is 0 Å². The van der Waals surface area contributed by atoms with E-state index in [1.54, 1.807) is 0 Å². The Hall–Kier alpha value is 1.66. The van der Waals surface area contributed by atoms with Crippen LogP contribution in [-0.4, -0.2) is 54.2 Å². The van der Waals surface area contributed by atoms with Crippen molar-refractivity contribution in [3.05, 3.63) is 0 Å².